The largest absolute Gasteiger partial charge is 0.335 e. The lowest BCUT2D eigenvalue weighted by atomic mass is 10.2. The molecule has 106 valence electrons. The van der Waals surface area contributed by atoms with Crippen LogP contribution in [0.25, 0.3) is 0 Å². The maximum Gasteiger partial charge on any atom is 0.224 e. The molecular formula is C12H18N2O3S2. The lowest BCUT2D eigenvalue weighted by molar-refractivity contribution is -0.131. The Hall–Kier alpha value is -1.18. The van der Waals surface area contributed by atoms with Crippen LogP contribution in [0.1, 0.15) is 12.0 Å². The Morgan fingerprint density at radius 3 is 2.84 bits per heavy atom. The summed E-state index contributed by atoms with van der Waals surface area (Å²) in [5.41, 5.74) is 1.07. The minimum atomic E-state index is -3.25. The Labute approximate surface area is 118 Å². The van der Waals surface area contributed by atoms with Crippen LogP contribution >= 0.6 is 11.3 Å². The summed E-state index contributed by atoms with van der Waals surface area (Å²) in [7, 11) is -3.25. The third-order valence-corrected chi connectivity index (χ3v) is 3.82. The van der Waals surface area contributed by atoms with Crippen LogP contribution in [0.15, 0.2) is 29.5 Å². The molecule has 0 radical (unpaired) electrons. The highest BCUT2D eigenvalue weighted by atomic mass is 32.2. The van der Waals surface area contributed by atoms with Gasteiger partial charge in [0.05, 0.1) is 6.26 Å². The van der Waals surface area contributed by atoms with E-state index in [4.69, 9.17) is 0 Å². The van der Waals surface area contributed by atoms with Crippen molar-refractivity contribution in [2.75, 3.05) is 19.3 Å². The van der Waals surface area contributed by atoms with Crippen LogP contribution in [0.4, 0.5) is 0 Å². The first-order chi connectivity index (χ1) is 8.92. The van der Waals surface area contributed by atoms with E-state index >= 15 is 0 Å². The summed E-state index contributed by atoms with van der Waals surface area (Å²) in [4.78, 5) is 13.6. The Morgan fingerprint density at radius 1 is 1.58 bits per heavy atom. The molecule has 0 aliphatic heterocycles. The number of carbonyl (C=O) groups is 1. The molecule has 0 saturated heterocycles. The Kier molecular flexibility index (Phi) is 6.20. The Morgan fingerprint density at radius 2 is 2.32 bits per heavy atom. The molecule has 0 aromatic carbocycles. The molecule has 1 aromatic heterocycles. The second-order valence-corrected chi connectivity index (χ2v) is 6.72. The topological polar surface area (TPSA) is 66.5 Å². The molecule has 19 heavy (non-hydrogen) atoms. The number of thiophene rings is 1. The fourth-order valence-corrected chi connectivity index (χ4v) is 2.65. The molecule has 0 aliphatic rings. The number of amides is 1. The number of carbonyl (C=O) groups excluding carboxylic acids is 1. The minimum absolute atomic E-state index is 0.0951. The van der Waals surface area contributed by atoms with E-state index in [0.29, 0.717) is 13.1 Å². The molecule has 0 spiro atoms. The van der Waals surface area contributed by atoms with Crippen molar-refractivity contribution >= 4 is 27.3 Å². The quantitative estimate of drug-likeness (QED) is 0.734. The summed E-state index contributed by atoms with van der Waals surface area (Å²) in [5, 5.41) is 3.94. The average molecular weight is 302 g/mol. The first-order valence-electron chi connectivity index (χ1n) is 5.77. The van der Waals surface area contributed by atoms with E-state index in [-0.39, 0.29) is 18.9 Å². The molecule has 7 heteroatoms. The van der Waals surface area contributed by atoms with Crippen LogP contribution in [-0.4, -0.2) is 38.6 Å². The van der Waals surface area contributed by atoms with E-state index in [9.17, 15) is 13.2 Å². The standard InChI is InChI=1S/C12H18N2O3S2/c1-3-7-14(9-11-5-8-18-10-11)12(15)4-6-13-19(2,16)17/h3,5,8,10,13H,1,4,6-7,9H2,2H3. The molecule has 0 saturated carbocycles. The van der Waals surface area contributed by atoms with Crippen LogP contribution in [0.5, 0.6) is 0 Å². The summed E-state index contributed by atoms with van der Waals surface area (Å²) in [6, 6.07) is 1.96. The van der Waals surface area contributed by atoms with Gasteiger partial charge in [-0.2, -0.15) is 11.3 Å². The second kappa shape index (κ2) is 7.42. The zero-order valence-electron chi connectivity index (χ0n) is 10.8. The molecular weight excluding hydrogens is 284 g/mol. The summed E-state index contributed by atoms with van der Waals surface area (Å²) in [5.74, 6) is -0.0951. The molecule has 0 fully saturated rings. The summed E-state index contributed by atoms with van der Waals surface area (Å²) in [6.07, 6.45) is 2.88. The fraction of sp³-hybridized carbons (Fsp3) is 0.417. The predicted octanol–water partition coefficient (Wildman–Crippen LogP) is 1.20. The molecule has 1 rings (SSSR count). The highest BCUT2D eigenvalue weighted by Crippen LogP contribution is 2.10. The van der Waals surface area contributed by atoms with Crippen molar-refractivity contribution in [3.63, 3.8) is 0 Å². The van der Waals surface area contributed by atoms with E-state index in [2.05, 4.69) is 11.3 Å². The van der Waals surface area contributed by atoms with Crippen LogP contribution in [-0.2, 0) is 21.4 Å². The molecule has 1 N–H and O–H groups in total. The van der Waals surface area contributed by atoms with E-state index < -0.39 is 10.0 Å². The van der Waals surface area contributed by atoms with Gasteiger partial charge in [-0.3, -0.25) is 4.79 Å². The molecule has 1 heterocycles. The summed E-state index contributed by atoms with van der Waals surface area (Å²) in [6.45, 7) is 4.72. The first-order valence-corrected chi connectivity index (χ1v) is 8.60. The second-order valence-electron chi connectivity index (χ2n) is 4.11. The lowest BCUT2D eigenvalue weighted by Gasteiger charge is -2.20. The van der Waals surface area contributed by atoms with Gasteiger partial charge in [0.1, 0.15) is 0 Å². The average Bonchev–Trinajstić information content (AvgIpc) is 2.79. The van der Waals surface area contributed by atoms with Crippen molar-refractivity contribution in [2.45, 2.75) is 13.0 Å². The molecule has 0 bridgehead atoms. The zero-order chi connectivity index (χ0) is 14.3. The lowest BCUT2D eigenvalue weighted by Crippen LogP contribution is -2.34. The van der Waals surface area contributed by atoms with Crippen molar-refractivity contribution in [1.82, 2.24) is 9.62 Å². The molecule has 0 atom stereocenters. The summed E-state index contributed by atoms with van der Waals surface area (Å²) < 4.78 is 24.1. The van der Waals surface area contributed by atoms with Gasteiger partial charge in [-0.25, -0.2) is 13.1 Å². The van der Waals surface area contributed by atoms with Gasteiger partial charge in [-0.05, 0) is 22.4 Å². The van der Waals surface area contributed by atoms with Gasteiger partial charge in [0.2, 0.25) is 15.9 Å². The maximum atomic E-state index is 12.0. The molecule has 0 unspecified atom stereocenters. The first kappa shape index (κ1) is 15.9. The SMILES string of the molecule is C=CCN(Cc1ccsc1)C(=O)CCNS(C)(=O)=O. The summed E-state index contributed by atoms with van der Waals surface area (Å²) >= 11 is 1.58. The normalized spacial score (nSPS) is 11.2. The van der Waals surface area contributed by atoms with Gasteiger partial charge in [0.25, 0.3) is 0 Å². The highest BCUT2D eigenvalue weighted by Gasteiger charge is 2.13. The van der Waals surface area contributed by atoms with E-state index in [1.165, 1.54) is 0 Å². The Bertz CT molecular complexity index is 509. The molecule has 5 nitrogen and oxygen atoms in total. The van der Waals surface area contributed by atoms with Crippen LogP contribution in [0, 0.1) is 0 Å². The number of nitrogens with one attached hydrogen (secondary N) is 1. The van der Waals surface area contributed by atoms with E-state index in [1.54, 1.807) is 22.3 Å². The van der Waals surface area contributed by atoms with Gasteiger partial charge in [-0.1, -0.05) is 6.08 Å². The van der Waals surface area contributed by atoms with Gasteiger partial charge >= 0.3 is 0 Å². The minimum Gasteiger partial charge on any atom is -0.335 e. The van der Waals surface area contributed by atoms with Gasteiger partial charge in [0, 0.05) is 26.1 Å². The van der Waals surface area contributed by atoms with Gasteiger partial charge < -0.3 is 4.90 Å². The smallest absolute Gasteiger partial charge is 0.224 e. The third-order valence-electron chi connectivity index (χ3n) is 2.36. The van der Waals surface area contributed by atoms with Crippen molar-refractivity contribution in [1.29, 1.82) is 0 Å². The molecule has 1 aromatic rings. The van der Waals surface area contributed by atoms with Gasteiger partial charge in [-0.15, -0.1) is 6.58 Å². The molecule has 1 amide bonds. The number of hydrogen-bond acceptors (Lipinski definition) is 4. The number of hydrogen-bond donors (Lipinski definition) is 1. The van der Waals surface area contributed by atoms with Crippen LogP contribution < -0.4 is 4.72 Å². The molecule has 0 aliphatic carbocycles. The van der Waals surface area contributed by atoms with Crippen molar-refractivity contribution in [2.24, 2.45) is 0 Å². The Balaban J connectivity index is 2.50. The van der Waals surface area contributed by atoms with Crippen molar-refractivity contribution < 1.29 is 13.2 Å². The number of nitrogens with zero attached hydrogens (tertiary/aromatic N) is 1. The fourth-order valence-electron chi connectivity index (χ4n) is 1.51. The van der Waals surface area contributed by atoms with Gasteiger partial charge in [0.15, 0.2) is 0 Å². The number of rotatable bonds is 8. The van der Waals surface area contributed by atoms with E-state index in [0.717, 1.165) is 11.8 Å². The third kappa shape index (κ3) is 6.51. The predicted molar refractivity (Wildman–Crippen MR) is 77.4 cm³/mol. The maximum absolute atomic E-state index is 12.0. The number of sulfonamides is 1. The zero-order valence-corrected chi connectivity index (χ0v) is 12.5. The van der Waals surface area contributed by atoms with Crippen LogP contribution in [0.3, 0.4) is 0 Å². The van der Waals surface area contributed by atoms with Crippen molar-refractivity contribution in [3.8, 4) is 0 Å². The van der Waals surface area contributed by atoms with Crippen molar-refractivity contribution in [3.05, 3.63) is 35.0 Å². The monoisotopic (exact) mass is 302 g/mol. The highest BCUT2D eigenvalue weighted by molar-refractivity contribution is 7.88. The van der Waals surface area contributed by atoms with E-state index in [1.807, 2.05) is 16.8 Å². The van der Waals surface area contributed by atoms with Crippen LogP contribution in [0.2, 0.25) is 0 Å².